The summed E-state index contributed by atoms with van der Waals surface area (Å²) in [7, 11) is 0. The van der Waals surface area contributed by atoms with Gasteiger partial charge in [0.1, 0.15) is 5.69 Å². The van der Waals surface area contributed by atoms with Crippen LogP contribution in [0.15, 0.2) is 18.2 Å². The number of nitrogens with one attached hydrogen (secondary N) is 2. The van der Waals surface area contributed by atoms with Crippen molar-refractivity contribution in [2.75, 3.05) is 5.32 Å². The van der Waals surface area contributed by atoms with Crippen LogP contribution in [0.2, 0.25) is 0 Å². The molecule has 1 saturated carbocycles. The fraction of sp³-hybridized carbons (Fsp3) is 0.500. The molecular formula is C22H28N4O2. The van der Waals surface area contributed by atoms with E-state index in [-0.39, 0.29) is 17.9 Å². The standard InChI is InChI=1S/C22H28N4O2/c1-14-11-15(2)13-17(12-14)24-22(28)20-25-19(18-9-5-6-10-26(18)20)21(27)23-16-7-3-4-8-16/h11-13,16H,3-10H2,1-2H3,(H,23,27)(H,24,28). The highest BCUT2D eigenvalue weighted by Crippen LogP contribution is 2.24. The van der Waals surface area contributed by atoms with Crippen LogP contribution in [0.3, 0.4) is 0 Å². The first-order valence-electron chi connectivity index (χ1n) is 10.3. The molecule has 1 fully saturated rings. The van der Waals surface area contributed by atoms with Gasteiger partial charge in [-0.3, -0.25) is 9.59 Å². The molecule has 4 rings (SSSR count). The summed E-state index contributed by atoms with van der Waals surface area (Å²) in [6, 6.07) is 6.19. The van der Waals surface area contributed by atoms with Gasteiger partial charge in [-0.25, -0.2) is 4.98 Å². The largest absolute Gasteiger partial charge is 0.348 e. The Kier molecular flexibility index (Phi) is 5.20. The number of rotatable bonds is 4. The lowest BCUT2D eigenvalue weighted by Crippen LogP contribution is -2.33. The van der Waals surface area contributed by atoms with E-state index in [4.69, 9.17) is 0 Å². The number of anilines is 1. The van der Waals surface area contributed by atoms with Crippen LogP contribution in [0.5, 0.6) is 0 Å². The third-order valence-electron chi connectivity index (χ3n) is 5.71. The minimum atomic E-state index is -0.256. The van der Waals surface area contributed by atoms with Gasteiger partial charge in [0.2, 0.25) is 0 Å². The molecule has 1 aromatic heterocycles. The van der Waals surface area contributed by atoms with Crippen molar-refractivity contribution in [2.24, 2.45) is 0 Å². The van der Waals surface area contributed by atoms with Gasteiger partial charge < -0.3 is 15.2 Å². The van der Waals surface area contributed by atoms with E-state index < -0.39 is 0 Å². The number of hydrogen-bond donors (Lipinski definition) is 2. The zero-order valence-corrected chi connectivity index (χ0v) is 16.7. The van der Waals surface area contributed by atoms with Gasteiger partial charge in [0.25, 0.3) is 11.8 Å². The summed E-state index contributed by atoms with van der Waals surface area (Å²) >= 11 is 0. The summed E-state index contributed by atoms with van der Waals surface area (Å²) in [6.07, 6.45) is 7.19. The second-order valence-corrected chi connectivity index (χ2v) is 8.12. The highest BCUT2D eigenvalue weighted by Gasteiger charge is 2.29. The molecule has 2 aromatic rings. The number of fused-ring (bicyclic) bond motifs is 1. The van der Waals surface area contributed by atoms with Gasteiger partial charge in [-0.2, -0.15) is 0 Å². The molecule has 28 heavy (non-hydrogen) atoms. The van der Waals surface area contributed by atoms with Gasteiger partial charge in [-0.15, -0.1) is 0 Å². The van der Waals surface area contributed by atoms with Crippen molar-refractivity contribution in [3.8, 4) is 0 Å². The number of carbonyl (C=O) groups is 2. The van der Waals surface area contributed by atoms with Crippen LogP contribution >= 0.6 is 0 Å². The quantitative estimate of drug-likeness (QED) is 0.848. The normalized spacial score (nSPS) is 16.6. The van der Waals surface area contributed by atoms with Crippen molar-refractivity contribution < 1.29 is 9.59 Å². The Hall–Kier alpha value is -2.63. The molecule has 148 valence electrons. The van der Waals surface area contributed by atoms with Crippen molar-refractivity contribution in [1.29, 1.82) is 0 Å². The smallest absolute Gasteiger partial charge is 0.291 e. The van der Waals surface area contributed by atoms with Crippen LogP contribution in [0.4, 0.5) is 5.69 Å². The molecule has 0 saturated heterocycles. The van der Waals surface area contributed by atoms with Gasteiger partial charge >= 0.3 is 0 Å². The number of amides is 2. The lowest BCUT2D eigenvalue weighted by atomic mass is 10.1. The first kappa shape index (κ1) is 18.7. The predicted octanol–water partition coefficient (Wildman–Crippen LogP) is 3.76. The van der Waals surface area contributed by atoms with E-state index in [1.807, 2.05) is 30.5 Å². The van der Waals surface area contributed by atoms with Crippen LogP contribution in [0.25, 0.3) is 0 Å². The van der Waals surface area contributed by atoms with Crippen LogP contribution in [0.1, 0.15) is 76.5 Å². The van der Waals surface area contributed by atoms with Crippen LogP contribution in [-0.4, -0.2) is 27.4 Å². The first-order chi connectivity index (χ1) is 13.5. The Labute approximate surface area is 165 Å². The topological polar surface area (TPSA) is 76.0 Å². The number of nitrogens with zero attached hydrogens (tertiary/aromatic N) is 2. The summed E-state index contributed by atoms with van der Waals surface area (Å²) < 4.78 is 1.94. The van der Waals surface area contributed by atoms with Gasteiger partial charge in [0, 0.05) is 18.3 Å². The van der Waals surface area contributed by atoms with E-state index in [0.717, 1.165) is 74.0 Å². The molecule has 2 aliphatic rings. The average Bonchev–Trinajstić information content (AvgIpc) is 3.28. The molecule has 1 aliphatic carbocycles. The Balaban J connectivity index is 1.60. The van der Waals surface area contributed by atoms with Crippen molar-refractivity contribution in [3.05, 3.63) is 46.5 Å². The lowest BCUT2D eigenvalue weighted by Gasteiger charge is -2.17. The fourth-order valence-corrected chi connectivity index (χ4v) is 4.46. The van der Waals surface area contributed by atoms with Crippen LogP contribution in [0, 0.1) is 13.8 Å². The molecule has 2 amide bonds. The van der Waals surface area contributed by atoms with Gasteiger partial charge in [-0.05, 0) is 69.2 Å². The second kappa shape index (κ2) is 7.78. The molecule has 1 aromatic carbocycles. The van der Waals surface area contributed by atoms with Crippen molar-refractivity contribution in [3.63, 3.8) is 0 Å². The number of carbonyl (C=O) groups excluding carboxylic acids is 2. The van der Waals surface area contributed by atoms with Gasteiger partial charge in [0.15, 0.2) is 5.82 Å². The molecule has 2 heterocycles. The van der Waals surface area contributed by atoms with Gasteiger partial charge in [-0.1, -0.05) is 18.9 Å². The number of aryl methyl sites for hydroxylation is 2. The summed E-state index contributed by atoms with van der Waals surface area (Å²) in [6.45, 7) is 4.74. The van der Waals surface area contributed by atoms with E-state index in [1.165, 1.54) is 0 Å². The molecule has 0 bridgehead atoms. The molecule has 1 aliphatic heterocycles. The van der Waals surface area contributed by atoms with Crippen LogP contribution in [-0.2, 0) is 13.0 Å². The highest BCUT2D eigenvalue weighted by atomic mass is 16.2. The third kappa shape index (κ3) is 3.81. The zero-order valence-electron chi connectivity index (χ0n) is 16.7. The molecular weight excluding hydrogens is 352 g/mol. The molecule has 0 unspecified atom stereocenters. The van der Waals surface area contributed by atoms with E-state index in [9.17, 15) is 9.59 Å². The van der Waals surface area contributed by atoms with E-state index in [2.05, 4.69) is 21.7 Å². The van der Waals surface area contributed by atoms with Crippen LogP contribution < -0.4 is 10.6 Å². The average molecular weight is 380 g/mol. The number of benzene rings is 1. The Morgan fingerprint density at radius 3 is 2.43 bits per heavy atom. The summed E-state index contributed by atoms with van der Waals surface area (Å²) in [5.41, 5.74) is 4.27. The third-order valence-corrected chi connectivity index (χ3v) is 5.71. The van der Waals surface area contributed by atoms with E-state index in [1.54, 1.807) is 0 Å². The zero-order chi connectivity index (χ0) is 19.7. The Morgan fingerprint density at radius 1 is 1.00 bits per heavy atom. The summed E-state index contributed by atoms with van der Waals surface area (Å²) in [5.74, 6) is -0.0542. The maximum atomic E-state index is 13.0. The molecule has 0 atom stereocenters. The van der Waals surface area contributed by atoms with Gasteiger partial charge in [0.05, 0.1) is 5.69 Å². The fourth-order valence-electron chi connectivity index (χ4n) is 4.46. The molecule has 0 spiro atoms. The molecule has 6 nitrogen and oxygen atoms in total. The van der Waals surface area contributed by atoms with Crippen molar-refractivity contribution in [1.82, 2.24) is 14.9 Å². The molecule has 6 heteroatoms. The number of hydrogen-bond acceptors (Lipinski definition) is 3. The Bertz CT molecular complexity index is 889. The maximum Gasteiger partial charge on any atom is 0.291 e. The minimum Gasteiger partial charge on any atom is -0.348 e. The summed E-state index contributed by atoms with van der Waals surface area (Å²) in [5, 5.41) is 6.08. The monoisotopic (exact) mass is 380 g/mol. The van der Waals surface area contributed by atoms with Crippen molar-refractivity contribution >= 4 is 17.5 Å². The van der Waals surface area contributed by atoms with Crippen molar-refractivity contribution in [2.45, 2.75) is 71.4 Å². The maximum absolute atomic E-state index is 13.0. The SMILES string of the molecule is Cc1cc(C)cc(NC(=O)c2nc(C(=O)NC3CCCC3)c3n2CCCC3)c1. The minimum absolute atomic E-state index is 0.136. The number of imidazole rings is 1. The molecule has 0 radical (unpaired) electrons. The first-order valence-corrected chi connectivity index (χ1v) is 10.3. The lowest BCUT2D eigenvalue weighted by molar-refractivity contribution is 0.0931. The second-order valence-electron chi connectivity index (χ2n) is 8.12. The Morgan fingerprint density at radius 2 is 1.71 bits per heavy atom. The summed E-state index contributed by atoms with van der Waals surface area (Å²) in [4.78, 5) is 30.3. The molecule has 2 N–H and O–H groups in total. The highest BCUT2D eigenvalue weighted by molar-refractivity contribution is 6.03. The number of aromatic nitrogens is 2. The van der Waals surface area contributed by atoms with E-state index >= 15 is 0 Å². The predicted molar refractivity (Wildman–Crippen MR) is 109 cm³/mol. The van der Waals surface area contributed by atoms with E-state index in [0.29, 0.717) is 11.5 Å².